The second kappa shape index (κ2) is 5.27. The molecule has 0 radical (unpaired) electrons. The SMILES string of the molecule is Cn1nc(CC(N)c2ccccc2Cl)c2ccccc21. The fraction of sp³-hybridized carbons (Fsp3) is 0.188. The third-order valence-corrected chi connectivity index (χ3v) is 3.90. The maximum absolute atomic E-state index is 6.29. The van der Waals surface area contributed by atoms with Crippen LogP contribution in [0, 0.1) is 0 Å². The molecule has 4 heteroatoms. The zero-order chi connectivity index (χ0) is 14.1. The van der Waals surface area contributed by atoms with Crippen LogP contribution in [0.15, 0.2) is 48.5 Å². The molecule has 3 nitrogen and oxygen atoms in total. The van der Waals surface area contributed by atoms with Gasteiger partial charge in [-0.1, -0.05) is 48.0 Å². The van der Waals surface area contributed by atoms with Crippen molar-refractivity contribution in [1.82, 2.24) is 9.78 Å². The van der Waals surface area contributed by atoms with E-state index >= 15 is 0 Å². The third-order valence-electron chi connectivity index (χ3n) is 3.55. The molecular weight excluding hydrogens is 270 g/mol. The van der Waals surface area contributed by atoms with Crippen LogP contribution in [0.25, 0.3) is 10.9 Å². The Hall–Kier alpha value is -1.84. The molecule has 0 bridgehead atoms. The molecule has 1 heterocycles. The average molecular weight is 286 g/mol. The summed E-state index contributed by atoms with van der Waals surface area (Å²) in [6.07, 6.45) is 0.672. The molecule has 3 aromatic rings. The van der Waals surface area contributed by atoms with Crippen molar-refractivity contribution in [3.63, 3.8) is 0 Å². The predicted molar refractivity (Wildman–Crippen MR) is 82.8 cm³/mol. The van der Waals surface area contributed by atoms with Crippen molar-refractivity contribution in [1.29, 1.82) is 0 Å². The van der Waals surface area contributed by atoms with Crippen LogP contribution in [0.5, 0.6) is 0 Å². The summed E-state index contributed by atoms with van der Waals surface area (Å²) in [5, 5.41) is 6.44. The largest absolute Gasteiger partial charge is 0.324 e. The van der Waals surface area contributed by atoms with E-state index in [1.54, 1.807) is 0 Å². The first-order valence-corrected chi connectivity index (χ1v) is 6.95. The number of hydrogen-bond acceptors (Lipinski definition) is 2. The van der Waals surface area contributed by atoms with Gasteiger partial charge in [0.1, 0.15) is 0 Å². The van der Waals surface area contributed by atoms with E-state index in [2.05, 4.69) is 17.2 Å². The van der Waals surface area contributed by atoms with E-state index in [1.165, 1.54) is 0 Å². The Morgan fingerprint density at radius 2 is 1.85 bits per heavy atom. The normalized spacial score (nSPS) is 12.8. The molecule has 1 unspecified atom stereocenters. The number of para-hydroxylation sites is 1. The minimum absolute atomic E-state index is 0.151. The minimum Gasteiger partial charge on any atom is -0.324 e. The van der Waals surface area contributed by atoms with Crippen molar-refractivity contribution in [2.75, 3.05) is 0 Å². The first kappa shape index (κ1) is 13.2. The summed E-state index contributed by atoms with van der Waals surface area (Å²) in [5.74, 6) is 0. The van der Waals surface area contributed by atoms with Crippen LogP contribution >= 0.6 is 11.6 Å². The molecule has 102 valence electrons. The van der Waals surface area contributed by atoms with Gasteiger partial charge in [-0.25, -0.2) is 0 Å². The van der Waals surface area contributed by atoms with Gasteiger partial charge in [-0.2, -0.15) is 5.10 Å². The number of aryl methyl sites for hydroxylation is 1. The first-order valence-electron chi connectivity index (χ1n) is 6.57. The molecule has 0 amide bonds. The highest BCUT2D eigenvalue weighted by Gasteiger charge is 2.15. The van der Waals surface area contributed by atoms with E-state index in [0.29, 0.717) is 11.4 Å². The number of fused-ring (bicyclic) bond motifs is 1. The summed E-state index contributed by atoms with van der Waals surface area (Å²) in [5.41, 5.74) is 9.39. The summed E-state index contributed by atoms with van der Waals surface area (Å²) >= 11 is 6.20. The molecule has 0 aliphatic rings. The second-order valence-corrected chi connectivity index (χ2v) is 5.33. The number of benzene rings is 2. The molecule has 0 aliphatic carbocycles. The van der Waals surface area contributed by atoms with Gasteiger partial charge in [0.05, 0.1) is 11.2 Å². The highest BCUT2D eigenvalue weighted by atomic mass is 35.5. The molecule has 3 rings (SSSR count). The Bertz CT molecular complexity index is 748. The number of aromatic nitrogens is 2. The lowest BCUT2D eigenvalue weighted by atomic mass is 10.0. The fourth-order valence-electron chi connectivity index (χ4n) is 2.53. The molecule has 0 saturated heterocycles. The number of hydrogen-bond donors (Lipinski definition) is 1. The topological polar surface area (TPSA) is 43.8 Å². The monoisotopic (exact) mass is 285 g/mol. The van der Waals surface area contributed by atoms with Crippen molar-refractivity contribution in [2.24, 2.45) is 12.8 Å². The first-order chi connectivity index (χ1) is 9.66. The summed E-state index contributed by atoms with van der Waals surface area (Å²) in [6.45, 7) is 0. The Balaban J connectivity index is 1.96. The predicted octanol–water partition coefficient (Wildman–Crippen LogP) is 3.47. The van der Waals surface area contributed by atoms with Crippen LogP contribution in [0.4, 0.5) is 0 Å². The molecule has 0 fully saturated rings. The molecule has 1 atom stereocenters. The Labute approximate surface area is 123 Å². The summed E-state index contributed by atoms with van der Waals surface area (Å²) in [6, 6.07) is 15.7. The van der Waals surface area contributed by atoms with Crippen molar-refractivity contribution < 1.29 is 0 Å². The average Bonchev–Trinajstić information content (AvgIpc) is 2.76. The Morgan fingerprint density at radius 3 is 2.65 bits per heavy atom. The lowest BCUT2D eigenvalue weighted by Gasteiger charge is -2.12. The van der Waals surface area contributed by atoms with E-state index in [9.17, 15) is 0 Å². The van der Waals surface area contributed by atoms with Crippen LogP contribution < -0.4 is 5.73 Å². The molecule has 0 spiro atoms. The Morgan fingerprint density at radius 1 is 1.15 bits per heavy atom. The van der Waals surface area contributed by atoms with Gasteiger partial charge in [0, 0.05) is 29.9 Å². The van der Waals surface area contributed by atoms with Crippen molar-refractivity contribution >= 4 is 22.5 Å². The van der Waals surface area contributed by atoms with Gasteiger partial charge < -0.3 is 5.73 Å². The highest BCUT2D eigenvalue weighted by Crippen LogP contribution is 2.26. The number of nitrogens with two attached hydrogens (primary N) is 1. The molecular formula is C16H16ClN3. The maximum atomic E-state index is 6.29. The van der Waals surface area contributed by atoms with Gasteiger partial charge in [-0.05, 0) is 17.7 Å². The van der Waals surface area contributed by atoms with E-state index in [0.717, 1.165) is 22.2 Å². The highest BCUT2D eigenvalue weighted by molar-refractivity contribution is 6.31. The van der Waals surface area contributed by atoms with Crippen molar-refractivity contribution in [3.8, 4) is 0 Å². The van der Waals surface area contributed by atoms with E-state index in [1.807, 2.05) is 48.1 Å². The third kappa shape index (κ3) is 2.30. The van der Waals surface area contributed by atoms with E-state index in [-0.39, 0.29) is 6.04 Å². The zero-order valence-electron chi connectivity index (χ0n) is 11.3. The van der Waals surface area contributed by atoms with Crippen LogP contribution in [0.1, 0.15) is 17.3 Å². The standard InChI is InChI=1S/C16H16ClN3/c1-20-16-9-5-3-7-12(16)15(19-20)10-14(18)11-6-2-4-8-13(11)17/h2-9,14H,10,18H2,1H3. The van der Waals surface area contributed by atoms with Crippen LogP contribution in [0.3, 0.4) is 0 Å². The molecule has 0 saturated carbocycles. The van der Waals surface area contributed by atoms with Gasteiger partial charge in [0.25, 0.3) is 0 Å². The summed E-state index contributed by atoms with van der Waals surface area (Å²) in [7, 11) is 1.95. The second-order valence-electron chi connectivity index (χ2n) is 4.92. The van der Waals surface area contributed by atoms with Gasteiger partial charge in [-0.3, -0.25) is 4.68 Å². The van der Waals surface area contributed by atoms with E-state index in [4.69, 9.17) is 17.3 Å². The van der Waals surface area contributed by atoms with Gasteiger partial charge in [-0.15, -0.1) is 0 Å². The van der Waals surface area contributed by atoms with Crippen LogP contribution in [-0.2, 0) is 13.5 Å². The van der Waals surface area contributed by atoms with Gasteiger partial charge in [0.15, 0.2) is 0 Å². The lowest BCUT2D eigenvalue weighted by Crippen LogP contribution is -2.14. The molecule has 1 aromatic heterocycles. The summed E-state index contributed by atoms with van der Waals surface area (Å²) in [4.78, 5) is 0. The molecule has 2 aromatic carbocycles. The summed E-state index contributed by atoms with van der Waals surface area (Å²) < 4.78 is 1.89. The number of rotatable bonds is 3. The number of halogens is 1. The maximum Gasteiger partial charge on any atom is 0.0722 e. The van der Waals surface area contributed by atoms with Gasteiger partial charge in [0.2, 0.25) is 0 Å². The zero-order valence-corrected chi connectivity index (χ0v) is 12.0. The van der Waals surface area contributed by atoms with Gasteiger partial charge >= 0.3 is 0 Å². The number of nitrogens with zero attached hydrogens (tertiary/aromatic N) is 2. The fourth-order valence-corrected chi connectivity index (χ4v) is 2.81. The van der Waals surface area contributed by atoms with E-state index < -0.39 is 0 Å². The molecule has 20 heavy (non-hydrogen) atoms. The van der Waals surface area contributed by atoms with Crippen molar-refractivity contribution in [2.45, 2.75) is 12.5 Å². The quantitative estimate of drug-likeness (QED) is 0.801. The lowest BCUT2D eigenvalue weighted by molar-refractivity contribution is 0.682. The van der Waals surface area contributed by atoms with Crippen LogP contribution in [0.2, 0.25) is 5.02 Å². The molecule has 2 N–H and O–H groups in total. The smallest absolute Gasteiger partial charge is 0.0722 e. The molecule has 0 aliphatic heterocycles. The van der Waals surface area contributed by atoms with Crippen LogP contribution in [-0.4, -0.2) is 9.78 Å². The Kier molecular flexibility index (Phi) is 3.47. The van der Waals surface area contributed by atoms with Crippen molar-refractivity contribution in [3.05, 3.63) is 64.8 Å². The minimum atomic E-state index is -0.151.